The quantitative estimate of drug-likeness (QED) is 0.809. The summed E-state index contributed by atoms with van der Waals surface area (Å²) in [4.78, 5) is 19.0. The van der Waals surface area contributed by atoms with Gasteiger partial charge >= 0.3 is 0 Å². The molecule has 2 fully saturated rings. The molecular weight excluding hydrogens is 362 g/mol. The highest BCUT2D eigenvalue weighted by Crippen LogP contribution is 2.21. The highest BCUT2D eigenvalue weighted by Gasteiger charge is 2.23. The Morgan fingerprint density at radius 3 is 2.04 bits per heavy atom. The molecular formula is C20H24ClN5O. The predicted molar refractivity (Wildman–Crippen MR) is 107 cm³/mol. The molecule has 2 aliphatic rings. The molecule has 2 aliphatic heterocycles. The number of carbonyl (C=O) groups is 1. The third-order valence-electron chi connectivity index (χ3n) is 5.32. The molecule has 0 saturated carbocycles. The van der Waals surface area contributed by atoms with E-state index in [0.717, 1.165) is 43.4 Å². The number of nitrogens with zero attached hydrogens (tertiary/aromatic N) is 5. The molecule has 1 aromatic carbocycles. The summed E-state index contributed by atoms with van der Waals surface area (Å²) in [6.07, 6.45) is 2.81. The largest absolute Gasteiger partial charge is 0.355 e. The van der Waals surface area contributed by atoms with Crippen molar-refractivity contribution < 1.29 is 4.79 Å². The van der Waals surface area contributed by atoms with Gasteiger partial charge in [-0.2, -0.15) is 0 Å². The molecule has 1 aromatic heterocycles. The SMILES string of the molecule is O=C(Cc1ccccc1Cl)N1CCN(c2ccc(N3CCCC3)nn2)CC1. The number of rotatable bonds is 4. The van der Waals surface area contributed by atoms with Crippen LogP contribution in [0.2, 0.25) is 5.02 Å². The van der Waals surface area contributed by atoms with Crippen LogP contribution in [0, 0.1) is 0 Å². The van der Waals surface area contributed by atoms with Crippen molar-refractivity contribution in [3.8, 4) is 0 Å². The van der Waals surface area contributed by atoms with E-state index in [9.17, 15) is 4.79 Å². The molecule has 2 saturated heterocycles. The van der Waals surface area contributed by atoms with Crippen LogP contribution < -0.4 is 9.80 Å². The monoisotopic (exact) mass is 385 g/mol. The molecule has 3 heterocycles. The van der Waals surface area contributed by atoms with E-state index in [4.69, 9.17) is 11.6 Å². The van der Waals surface area contributed by atoms with E-state index in [2.05, 4.69) is 26.1 Å². The minimum atomic E-state index is 0.123. The van der Waals surface area contributed by atoms with Gasteiger partial charge in [0.05, 0.1) is 6.42 Å². The number of piperazine rings is 1. The first-order valence-corrected chi connectivity index (χ1v) is 9.93. The average molecular weight is 386 g/mol. The van der Waals surface area contributed by atoms with E-state index < -0.39 is 0 Å². The van der Waals surface area contributed by atoms with Crippen LogP contribution in [-0.4, -0.2) is 60.3 Å². The fraction of sp³-hybridized carbons (Fsp3) is 0.450. The number of hydrogen-bond acceptors (Lipinski definition) is 5. The van der Waals surface area contributed by atoms with Crippen LogP contribution in [0.15, 0.2) is 36.4 Å². The second-order valence-electron chi connectivity index (χ2n) is 7.08. The zero-order valence-corrected chi connectivity index (χ0v) is 16.1. The summed E-state index contributed by atoms with van der Waals surface area (Å²) >= 11 is 6.17. The van der Waals surface area contributed by atoms with Crippen LogP contribution in [0.25, 0.3) is 0 Å². The van der Waals surface area contributed by atoms with Gasteiger partial charge in [-0.1, -0.05) is 29.8 Å². The molecule has 0 N–H and O–H groups in total. The van der Waals surface area contributed by atoms with Gasteiger partial charge in [0.15, 0.2) is 11.6 Å². The van der Waals surface area contributed by atoms with Crippen LogP contribution >= 0.6 is 11.6 Å². The number of amides is 1. The van der Waals surface area contributed by atoms with Crippen molar-refractivity contribution in [2.45, 2.75) is 19.3 Å². The molecule has 0 atom stereocenters. The van der Waals surface area contributed by atoms with E-state index in [1.165, 1.54) is 12.8 Å². The van der Waals surface area contributed by atoms with E-state index in [1.807, 2.05) is 35.2 Å². The minimum absolute atomic E-state index is 0.123. The second-order valence-corrected chi connectivity index (χ2v) is 7.49. The molecule has 0 radical (unpaired) electrons. The molecule has 0 spiro atoms. The van der Waals surface area contributed by atoms with Gasteiger partial charge in [0, 0.05) is 44.3 Å². The number of anilines is 2. The molecule has 6 nitrogen and oxygen atoms in total. The Bertz CT molecular complexity index is 783. The standard InChI is InChI=1S/C20H24ClN5O/c21-17-6-2-1-5-16(17)15-20(27)26-13-11-25(12-14-26)19-8-7-18(22-23-19)24-9-3-4-10-24/h1-2,5-8H,3-4,9-15H2. The number of carbonyl (C=O) groups excluding carboxylic acids is 1. The number of benzene rings is 1. The fourth-order valence-corrected chi connectivity index (χ4v) is 3.91. The summed E-state index contributed by atoms with van der Waals surface area (Å²) < 4.78 is 0. The summed E-state index contributed by atoms with van der Waals surface area (Å²) in [7, 11) is 0. The Balaban J connectivity index is 1.32. The highest BCUT2D eigenvalue weighted by molar-refractivity contribution is 6.31. The number of hydrogen-bond donors (Lipinski definition) is 0. The normalized spacial score (nSPS) is 17.4. The molecule has 0 unspecified atom stereocenters. The Kier molecular flexibility index (Phi) is 5.43. The summed E-state index contributed by atoms with van der Waals surface area (Å²) in [5.41, 5.74) is 0.884. The van der Waals surface area contributed by atoms with Gasteiger partial charge in [0.2, 0.25) is 5.91 Å². The molecule has 0 aliphatic carbocycles. The van der Waals surface area contributed by atoms with Crippen LogP contribution in [-0.2, 0) is 11.2 Å². The average Bonchev–Trinajstić information content (AvgIpc) is 3.25. The molecule has 27 heavy (non-hydrogen) atoms. The first-order chi connectivity index (χ1) is 13.2. The summed E-state index contributed by atoms with van der Waals surface area (Å²) in [6.45, 7) is 5.07. The Morgan fingerprint density at radius 2 is 1.44 bits per heavy atom. The molecule has 7 heteroatoms. The van der Waals surface area contributed by atoms with Crippen LogP contribution in [0.1, 0.15) is 18.4 Å². The van der Waals surface area contributed by atoms with Crippen molar-refractivity contribution in [3.05, 3.63) is 47.0 Å². The van der Waals surface area contributed by atoms with Crippen molar-refractivity contribution in [3.63, 3.8) is 0 Å². The first-order valence-electron chi connectivity index (χ1n) is 9.55. The lowest BCUT2D eigenvalue weighted by Crippen LogP contribution is -2.49. The molecule has 2 aromatic rings. The van der Waals surface area contributed by atoms with E-state index in [-0.39, 0.29) is 5.91 Å². The highest BCUT2D eigenvalue weighted by atomic mass is 35.5. The molecule has 1 amide bonds. The second kappa shape index (κ2) is 8.13. The third kappa shape index (κ3) is 4.16. The maximum absolute atomic E-state index is 12.6. The maximum Gasteiger partial charge on any atom is 0.227 e. The molecule has 142 valence electrons. The van der Waals surface area contributed by atoms with Crippen molar-refractivity contribution in [2.24, 2.45) is 0 Å². The van der Waals surface area contributed by atoms with Gasteiger partial charge in [-0.15, -0.1) is 10.2 Å². The van der Waals surface area contributed by atoms with Crippen molar-refractivity contribution in [2.75, 3.05) is 49.1 Å². The maximum atomic E-state index is 12.6. The Morgan fingerprint density at radius 1 is 0.852 bits per heavy atom. The number of halogens is 1. The van der Waals surface area contributed by atoms with E-state index in [1.54, 1.807) is 0 Å². The van der Waals surface area contributed by atoms with E-state index in [0.29, 0.717) is 24.5 Å². The fourth-order valence-electron chi connectivity index (χ4n) is 3.70. The topological polar surface area (TPSA) is 52.6 Å². The Hall–Kier alpha value is -2.34. The lowest BCUT2D eigenvalue weighted by molar-refractivity contribution is -0.130. The zero-order valence-electron chi connectivity index (χ0n) is 15.4. The first kappa shape index (κ1) is 18.0. The summed E-state index contributed by atoms with van der Waals surface area (Å²) in [6, 6.07) is 11.6. The van der Waals surface area contributed by atoms with Crippen LogP contribution in [0.3, 0.4) is 0 Å². The van der Waals surface area contributed by atoms with Gasteiger partial charge in [0.25, 0.3) is 0 Å². The van der Waals surface area contributed by atoms with Gasteiger partial charge in [-0.05, 0) is 36.6 Å². The number of aromatic nitrogens is 2. The van der Waals surface area contributed by atoms with Crippen molar-refractivity contribution in [1.82, 2.24) is 15.1 Å². The lowest BCUT2D eigenvalue weighted by Gasteiger charge is -2.35. The minimum Gasteiger partial charge on any atom is -0.355 e. The summed E-state index contributed by atoms with van der Waals surface area (Å²) in [5.74, 6) is 1.97. The van der Waals surface area contributed by atoms with Gasteiger partial charge in [-0.25, -0.2) is 0 Å². The van der Waals surface area contributed by atoms with Gasteiger partial charge in [0.1, 0.15) is 0 Å². The van der Waals surface area contributed by atoms with Crippen molar-refractivity contribution in [1.29, 1.82) is 0 Å². The summed E-state index contributed by atoms with van der Waals surface area (Å²) in [5, 5.41) is 9.45. The van der Waals surface area contributed by atoms with Gasteiger partial charge in [-0.3, -0.25) is 4.79 Å². The predicted octanol–water partition coefficient (Wildman–Crippen LogP) is 2.62. The smallest absolute Gasteiger partial charge is 0.227 e. The zero-order chi connectivity index (χ0) is 18.6. The van der Waals surface area contributed by atoms with Gasteiger partial charge < -0.3 is 14.7 Å². The molecule has 4 rings (SSSR count). The van der Waals surface area contributed by atoms with E-state index >= 15 is 0 Å². The molecule has 0 bridgehead atoms. The van der Waals surface area contributed by atoms with Crippen molar-refractivity contribution >= 4 is 29.1 Å². The lowest BCUT2D eigenvalue weighted by atomic mass is 10.1. The van der Waals surface area contributed by atoms with Crippen LogP contribution in [0.4, 0.5) is 11.6 Å². The van der Waals surface area contributed by atoms with Crippen LogP contribution in [0.5, 0.6) is 0 Å². The third-order valence-corrected chi connectivity index (χ3v) is 5.69. The Labute approximate surface area is 164 Å².